The summed E-state index contributed by atoms with van der Waals surface area (Å²) in [6.45, 7) is 0. The number of benzene rings is 2. The van der Waals surface area contributed by atoms with Gasteiger partial charge in [0.1, 0.15) is 12.2 Å². The highest BCUT2D eigenvalue weighted by molar-refractivity contribution is 6.01. The molecule has 0 atom stereocenters. The fourth-order valence-electron chi connectivity index (χ4n) is 2.96. The van der Waals surface area contributed by atoms with Crippen molar-refractivity contribution in [3.05, 3.63) is 60.9 Å². The lowest BCUT2D eigenvalue weighted by molar-refractivity contribution is -0.142. The molecule has 0 unspecified atom stereocenters. The summed E-state index contributed by atoms with van der Waals surface area (Å²) in [5.41, 5.74) is 2.78. The number of hydrogen-bond acceptors (Lipinski definition) is 8. The molecule has 162 valence electrons. The number of methoxy groups -OCH3 is 2. The lowest BCUT2D eigenvalue weighted by Gasteiger charge is -2.08. The zero-order chi connectivity index (χ0) is 22.5. The van der Waals surface area contributed by atoms with Crippen LogP contribution in [-0.4, -0.2) is 45.8 Å². The summed E-state index contributed by atoms with van der Waals surface area (Å²) in [6.07, 6.45) is 3.06. The second-order valence-corrected chi connectivity index (χ2v) is 6.73. The fourth-order valence-corrected chi connectivity index (χ4v) is 2.96. The number of ether oxygens (including phenoxy) is 2. The maximum Gasteiger partial charge on any atom is 0.315 e. The average molecular weight is 432 g/mol. The van der Waals surface area contributed by atoms with E-state index in [1.807, 2.05) is 24.3 Å². The standard InChI is InChI=1S/C22H20N6O4/c1-31-18-9-7-17(8-10-18)28-21-14(13-24-28)12-23-22(27-21)26-16-5-3-15(4-6-16)25-19(29)11-20(30)32-2/h3-10,12-13H,11H2,1-2H3,(H,25,29)(H,23,26,27). The monoisotopic (exact) mass is 432 g/mol. The highest BCUT2D eigenvalue weighted by Gasteiger charge is 2.11. The Morgan fingerprint density at radius 3 is 2.38 bits per heavy atom. The van der Waals surface area contributed by atoms with Crippen LogP contribution in [0.25, 0.3) is 16.7 Å². The van der Waals surface area contributed by atoms with Crippen molar-refractivity contribution < 1.29 is 19.1 Å². The first-order chi connectivity index (χ1) is 15.6. The molecular weight excluding hydrogens is 412 g/mol. The van der Waals surface area contributed by atoms with E-state index < -0.39 is 11.9 Å². The molecular formula is C22H20N6O4. The molecule has 2 heterocycles. The number of nitrogens with one attached hydrogen (secondary N) is 2. The second-order valence-electron chi connectivity index (χ2n) is 6.73. The topological polar surface area (TPSA) is 120 Å². The van der Waals surface area contributed by atoms with Crippen molar-refractivity contribution in [2.24, 2.45) is 0 Å². The molecule has 2 aromatic heterocycles. The Hall–Kier alpha value is -4.47. The van der Waals surface area contributed by atoms with E-state index in [0.29, 0.717) is 17.3 Å². The van der Waals surface area contributed by atoms with Gasteiger partial charge in [0.25, 0.3) is 0 Å². The maximum absolute atomic E-state index is 11.8. The Morgan fingerprint density at radius 1 is 0.969 bits per heavy atom. The van der Waals surface area contributed by atoms with Crippen LogP contribution in [0.15, 0.2) is 60.9 Å². The lowest BCUT2D eigenvalue weighted by Crippen LogP contribution is -2.17. The highest BCUT2D eigenvalue weighted by Crippen LogP contribution is 2.22. The molecule has 0 saturated heterocycles. The van der Waals surface area contributed by atoms with E-state index in [1.54, 1.807) is 48.5 Å². The first-order valence-electron chi connectivity index (χ1n) is 9.64. The minimum atomic E-state index is -0.595. The van der Waals surface area contributed by atoms with Gasteiger partial charge in [0.15, 0.2) is 5.65 Å². The summed E-state index contributed by atoms with van der Waals surface area (Å²) in [5, 5.41) is 11.0. The minimum absolute atomic E-state index is 0.341. The van der Waals surface area contributed by atoms with Gasteiger partial charge < -0.3 is 20.1 Å². The van der Waals surface area contributed by atoms with Gasteiger partial charge in [0, 0.05) is 17.6 Å². The third kappa shape index (κ3) is 4.64. The van der Waals surface area contributed by atoms with Gasteiger partial charge in [-0.2, -0.15) is 10.1 Å². The number of carbonyl (C=O) groups is 2. The van der Waals surface area contributed by atoms with E-state index in [2.05, 4.69) is 30.4 Å². The molecule has 10 heteroatoms. The van der Waals surface area contributed by atoms with Crippen LogP contribution in [0.3, 0.4) is 0 Å². The molecule has 0 aliphatic carbocycles. The average Bonchev–Trinajstić information content (AvgIpc) is 3.23. The molecule has 2 aromatic carbocycles. The Labute approximate surface area is 183 Å². The largest absolute Gasteiger partial charge is 0.497 e. The third-order valence-electron chi connectivity index (χ3n) is 4.58. The van der Waals surface area contributed by atoms with Gasteiger partial charge in [0.05, 0.1) is 31.5 Å². The molecule has 10 nitrogen and oxygen atoms in total. The Morgan fingerprint density at radius 2 is 1.69 bits per heavy atom. The van der Waals surface area contributed by atoms with Gasteiger partial charge in [-0.1, -0.05) is 0 Å². The minimum Gasteiger partial charge on any atom is -0.497 e. The quantitative estimate of drug-likeness (QED) is 0.338. The molecule has 0 saturated carbocycles. The number of carbonyl (C=O) groups excluding carboxylic acids is 2. The summed E-state index contributed by atoms with van der Waals surface area (Å²) in [5.74, 6) is 0.114. The van der Waals surface area contributed by atoms with E-state index >= 15 is 0 Å². The number of amides is 1. The third-order valence-corrected chi connectivity index (χ3v) is 4.58. The number of hydrogen-bond donors (Lipinski definition) is 2. The molecule has 0 radical (unpaired) electrons. The van der Waals surface area contributed by atoms with Crippen molar-refractivity contribution in [3.63, 3.8) is 0 Å². The fraction of sp³-hybridized carbons (Fsp3) is 0.136. The Balaban J connectivity index is 1.49. The molecule has 0 bridgehead atoms. The molecule has 1 amide bonds. The maximum atomic E-state index is 11.8. The van der Waals surface area contributed by atoms with Crippen molar-refractivity contribution in [2.45, 2.75) is 6.42 Å². The van der Waals surface area contributed by atoms with Gasteiger partial charge in [-0.15, -0.1) is 0 Å². The molecule has 0 fully saturated rings. The van der Waals surface area contributed by atoms with E-state index in [1.165, 1.54) is 7.11 Å². The molecule has 4 rings (SSSR count). The smallest absolute Gasteiger partial charge is 0.315 e. The van der Waals surface area contributed by atoms with Crippen LogP contribution in [0.2, 0.25) is 0 Å². The number of esters is 1. The van der Waals surface area contributed by atoms with Crippen molar-refractivity contribution in [3.8, 4) is 11.4 Å². The molecule has 32 heavy (non-hydrogen) atoms. The molecule has 0 aliphatic rings. The Bertz CT molecular complexity index is 1250. The van der Waals surface area contributed by atoms with Crippen molar-refractivity contribution in [1.82, 2.24) is 19.7 Å². The van der Waals surface area contributed by atoms with Gasteiger partial charge in [-0.05, 0) is 48.5 Å². The highest BCUT2D eigenvalue weighted by atomic mass is 16.5. The number of fused-ring (bicyclic) bond motifs is 1. The van der Waals surface area contributed by atoms with Crippen LogP contribution in [0.5, 0.6) is 5.75 Å². The van der Waals surface area contributed by atoms with Crippen LogP contribution in [-0.2, 0) is 14.3 Å². The predicted octanol–water partition coefficient (Wildman–Crippen LogP) is 3.07. The summed E-state index contributed by atoms with van der Waals surface area (Å²) in [6, 6.07) is 14.4. The van der Waals surface area contributed by atoms with Gasteiger partial charge in [0.2, 0.25) is 11.9 Å². The first-order valence-corrected chi connectivity index (χ1v) is 9.64. The number of nitrogens with zero attached hydrogens (tertiary/aromatic N) is 4. The second kappa shape index (κ2) is 9.13. The van der Waals surface area contributed by atoms with Crippen LogP contribution < -0.4 is 15.4 Å². The number of rotatable bonds is 7. The van der Waals surface area contributed by atoms with Crippen LogP contribution in [0.1, 0.15) is 6.42 Å². The van der Waals surface area contributed by atoms with Crippen LogP contribution in [0.4, 0.5) is 17.3 Å². The zero-order valence-electron chi connectivity index (χ0n) is 17.4. The Kier molecular flexibility index (Phi) is 5.93. The summed E-state index contributed by atoms with van der Waals surface area (Å²) in [4.78, 5) is 31.9. The first kappa shape index (κ1) is 20.8. The van der Waals surface area contributed by atoms with E-state index in [4.69, 9.17) is 4.74 Å². The summed E-state index contributed by atoms with van der Waals surface area (Å²) < 4.78 is 11.4. The normalized spacial score (nSPS) is 10.6. The van der Waals surface area contributed by atoms with Crippen LogP contribution in [0, 0.1) is 0 Å². The predicted molar refractivity (Wildman–Crippen MR) is 118 cm³/mol. The molecule has 2 N–H and O–H groups in total. The van der Waals surface area contributed by atoms with Gasteiger partial charge in [-0.25, -0.2) is 9.67 Å². The summed E-state index contributed by atoms with van der Waals surface area (Å²) >= 11 is 0. The summed E-state index contributed by atoms with van der Waals surface area (Å²) in [7, 11) is 2.85. The SMILES string of the molecule is COC(=O)CC(=O)Nc1ccc(Nc2ncc3cnn(-c4ccc(OC)cc4)c3n2)cc1. The number of aromatic nitrogens is 4. The lowest BCUT2D eigenvalue weighted by atomic mass is 10.2. The molecule has 0 spiro atoms. The van der Waals surface area contributed by atoms with E-state index in [-0.39, 0.29) is 6.42 Å². The van der Waals surface area contributed by atoms with E-state index in [9.17, 15) is 9.59 Å². The number of anilines is 3. The van der Waals surface area contributed by atoms with Gasteiger partial charge >= 0.3 is 5.97 Å². The van der Waals surface area contributed by atoms with Crippen LogP contribution >= 0.6 is 0 Å². The van der Waals surface area contributed by atoms with Gasteiger partial charge in [-0.3, -0.25) is 9.59 Å². The van der Waals surface area contributed by atoms with Crippen molar-refractivity contribution in [1.29, 1.82) is 0 Å². The van der Waals surface area contributed by atoms with Crippen molar-refractivity contribution in [2.75, 3.05) is 24.9 Å². The van der Waals surface area contributed by atoms with E-state index in [0.717, 1.165) is 22.5 Å². The molecule has 4 aromatic rings. The molecule has 0 aliphatic heterocycles. The van der Waals surface area contributed by atoms with Crippen molar-refractivity contribution >= 4 is 40.2 Å². The zero-order valence-corrected chi connectivity index (χ0v) is 17.4.